The predicted molar refractivity (Wildman–Crippen MR) is 157 cm³/mol. The fourth-order valence-corrected chi connectivity index (χ4v) is 5.46. The van der Waals surface area contributed by atoms with Gasteiger partial charge in [0.15, 0.2) is 0 Å². The lowest BCUT2D eigenvalue weighted by atomic mass is 9.76. The van der Waals surface area contributed by atoms with E-state index in [-0.39, 0.29) is 18.9 Å². The number of benzene rings is 2. The molecule has 0 heterocycles. The van der Waals surface area contributed by atoms with Gasteiger partial charge in [0.2, 0.25) is 5.91 Å². The molecule has 10 heteroatoms. The summed E-state index contributed by atoms with van der Waals surface area (Å²) in [6.45, 7) is 5.76. The van der Waals surface area contributed by atoms with Gasteiger partial charge in [-0.1, -0.05) is 48.5 Å². The standard InChI is InChI=1S/C32H41N3O7/c1-31(2,3)42-30(39)34-26(27(36)35-32(17-11-18-32)28(37)40-4)16-9-10-19-33-29(38)41-20-25-23-14-7-5-12-21(23)22-13-6-8-15-24(22)25/h5-8,12-15,25-26H,9-11,16-20H2,1-4H3,(H,33,38)(H,34,39)(H,35,36)/t26-/m0/s1. The summed E-state index contributed by atoms with van der Waals surface area (Å²) in [5, 5.41) is 8.20. The van der Waals surface area contributed by atoms with Crippen LogP contribution < -0.4 is 16.0 Å². The molecule has 2 aromatic rings. The summed E-state index contributed by atoms with van der Waals surface area (Å²) in [7, 11) is 1.29. The zero-order valence-corrected chi connectivity index (χ0v) is 24.8. The van der Waals surface area contributed by atoms with Crippen LogP contribution in [-0.4, -0.2) is 61.5 Å². The van der Waals surface area contributed by atoms with E-state index in [1.165, 1.54) is 7.11 Å². The highest BCUT2D eigenvalue weighted by molar-refractivity contribution is 5.92. The number of esters is 1. The van der Waals surface area contributed by atoms with Gasteiger partial charge in [-0.2, -0.15) is 0 Å². The molecule has 2 aromatic carbocycles. The van der Waals surface area contributed by atoms with Gasteiger partial charge in [-0.05, 0) is 81.5 Å². The second-order valence-corrected chi connectivity index (χ2v) is 11.9. The second-order valence-electron chi connectivity index (χ2n) is 11.9. The smallest absolute Gasteiger partial charge is 0.408 e. The summed E-state index contributed by atoms with van der Waals surface area (Å²) in [5.41, 5.74) is 2.81. The van der Waals surface area contributed by atoms with Crippen LogP contribution in [0.5, 0.6) is 0 Å². The number of amides is 3. The van der Waals surface area contributed by atoms with E-state index < -0.39 is 41.2 Å². The summed E-state index contributed by atoms with van der Waals surface area (Å²) in [6.07, 6.45) is 1.87. The maximum Gasteiger partial charge on any atom is 0.408 e. The van der Waals surface area contributed by atoms with Gasteiger partial charge < -0.3 is 30.2 Å². The van der Waals surface area contributed by atoms with Gasteiger partial charge in [0.05, 0.1) is 7.11 Å². The SMILES string of the molecule is COC(=O)C1(NC(=O)[C@H](CCCCNC(=O)OCC2c3ccccc3-c3ccccc32)NC(=O)OC(C)(C)C)CCC1. The minimum atomic E-state index is -1.06. The van der Waals surface area contributed by atoms with Crippen molar-refractivity contribution in [2.45, 2.75) is 82.4 Å². The number of fused-ring (bicyclic) bond motifs is 3. The first-order valence-corrected chi connectivity index (χ1v) is 14.5. The molecule has 2 aliphatic carbocycles. The molecule has 0 radical (unpaired) electrons. The molecule has 0 unspecified atom stereocenters. The summed E-state index contributed by atoms with van der Waals surface area (Å²) in [6, 6.07) is 15.4. The van der Waals surface area contributed by atoms with E-state index in [0.717, 1.165) is 28.7 Å². The van der Waals surface area contributed by atoms with E-state index in [1.54, 1.807) is 20.8 Å². The van der Waals surface area contributed by atoms with E-state index >= 15 is 0 Å². The van der Waals surface area contributed by atoms with Crippen molar-refractivity contribution in [2.24, 2.45) is 0 Å². The predicted octanol–water partition coefficient (Wildman–Crippen LogP) is 4.80. The van der Waals surface area contributed by atoms with E-state index in [1.807, 2.05) is 24.3 Å². The maximum atomic E-state index is 13.2. The third-order valence-electron chi connectivity index (χ3n) is 7.69. The van der Waals surface area contributed by atoms with Gasteiger partial charge in [-0.15, -0.1) is 0 Å². The average Bonchev–Trinajstić information content (AvgIpc) is 3.25. The number of hydrogen-bond donors (Lipinski definition) is 3. The Hall–Kier alpha value is -4.08. The summed E-state index contributed by atoms with van der Waals surface area (Å²) >= 11 is 0. The fraction of sp³-hybridized carbons (Fsp3) is 0.500. The highest BCUT2D eigenvalue weighted by atomic mass is 16.6. The highest BCUT2D eigenvalue weighted by Crippen LogP contribution is 2.44. The number of methoxy groups -OCH3 is 1. The van der Waals surface area contributed by atoms with Crippen LogP contribution in [-0.2, 0) is 23.8 Å². The van der Waals surface area contributed by atoms with Crippen molar-refractivity contribution >= 4 is 24.1 Å². The quantitative estimate of drug-likeness (QED) is 0.198. The summed E-state index contributed by atoms with van der Waals surface area (Å²) in [4.78, 5) is 50.4. The number of alkyl carbamates (subject to hydrolysis) is 2. The number of carbonyl (C=O) groups excluding carboxylic acids is 4. The normalized spacial score (nSPS) is 15.7. The minimum Gasteiger partial charge on any atom is -0.467 e. The van der Waals surface area contributed by atoms with Crippen molar-refractivity contribution in [3.8, 4) is 11.1 Å². The Morgan fingerprint density at radius 1 is 0.929 bits per heavy atom. The number of carbonyl (C=O) groups is 4. The number of ether oxygens (including phenoxy) is 3. The Kier molecular flexibility index (Phi) is 9.75. The first-order valence-electron chi connectivity index (χ1n) is 14.5. The van der Waals surface area contributed by atoms with E-state index in [2.05, 4.69) is 40.2 Å². The molecule has 4 rings (SSSR count). The van der Waals surface area contributed by atoms with Gasteiger partial charge in [0.1, 0.15) is 23.8 Å². The van der Waals surface area contributed by atoms with Gasteiger partial charge in [-0.3, -0.25) is 4.79 Å². The highest BCUT2D eigenvalue weighted by Gasteiger charge is 2.47. The Morgan fingerprint density at radius 2 is 1.55 bits per heavy atom. The third-order valence-corrected chi connectivity index (χ3v) is 7.69. The maximum absolute atomic E-state index is 13.2. The molecule has 3 amide bonds. The Bertz CT molecular complexity index is 1250. The molecule has 3 N–H and O–H groups in total. The zero-order chi connectivity index (χ0) is 30.3. The topological polar surface area (TPSA) is 132 Å². The van der Waals surface area contributed by atoms with Crippen LogP contribution in [0.15, 0.2) is 48.5 Å². The van der Waals surface area contributed by atoms with Crippen LogP contribution in [0, 0.1) is 0 Å². The Balaban J connectivity index is 1.25. The van der Waals surface area contributed by atoms with Crippen molar-refractivity contribution in [2.75, 3.05) is 20.3 Å². The van der Waals surface area contributed by atoms with Gasteiger partial charge in [0, 0.05) is 12.5 Å². The second kappa shape index (κ2) is 13.3. The molecule has 1 atom stereocenters. The van der Waals surface area contributed by atoms with E-state index in [9.17, 15) is 19.2 Å². The summed E-state index contributed by atoms with van der Waals surface area (Å²) in [5.74, 6) is -0.994. The van der Waals surface area contributed by atoms with Crippen LogP contribution >= 0.6 is 0 Å². The van der Waals surface area contributed by atoms with Crippen molar-refractivity contribution in [1.29, 1.82) is 0 Å². The molecular formula is C32H41N3O7. The Morgan fingerprint density at radius 3 is 2.10 bits per heavy atom. The monoisotopic (exact) mass is 579 g/mol. The molecule has 0 bridgehead atoms. The van der Waals surface area contributed by atoms with Gasteiger partial charge in [-0.25, -0.2) is 14.4 Å². The summed E-state index contributed by atoms with van der Waals surface area (Å²) < 4.78 is 15.8. The molecule has 10 nitrogen and oxygen atoms in total. The number of nitrogens with one attached hydrogen (secondary N) is 3. The van der Waals surface area contributed by atoms with Crippen LogP contribution in [0.2, 0.25) is 0 Å². The third kappa shape index (κ3) is 7.40. The lowest BCUT2D eigenvalue weighted by Gasteiger charge is -2.40. The molecule has 1 fully saturated rings. The van der Waals surface area contributed by atoms with E-state index in [4.69, 9.17) is 14.2 Å². The lowest BCUT2D eigenvalue weighted by Crippen LogP contribution is -2.63. The molecule has 0 saturated heterocycles. The molecule has 1 saturated carbocycles. The molecule has 0 aliphatic heterocycles. The molecule has 2 aliphatic rings. The van der Waals surface area contributed by atoms with Gasteiger partial charge in [0.25, 0.3) is 0 Å². The van der Waals surface area contributed by atoms with Crippen molar-refractivity contribution in [3.05, 3.63) is 59.7 Å². The van der Waals surface area contributed by atoms with Crippen LogP contribution in [0.1, 0.15) is 76.3 Å². The van der Waals surface area contributed by atoms with E-state index in [0.29, 0.717) is 32.2 Å². The number of rotatable bonds is 11. The van der Waals surface area contributed by atoms with Crippen LogP contribution in [0.4, 0.5) is 9.59 Å². The first-order chi connectivity index (χ1) is 20.0. The molecular weight excluding hydrogens is 538 g/mol. The van der Waals surface area contributed by atoms with Crippen molar-refractivity contribution in [3.63, 3.8) is 0 Å². The number of hydrogen-bond acceptors (Lipinski definition) is 7. The largest absolute Gasteiger partial charge is 0.467 e. The number of unbranched alkanes of at least 4 members (excludes halogenated alkanes) is 1. The zero-order valence-electron chi connectivity index (χ0n) is 24.8. The molecule has 42 heavy (non-hydrogen) atoms. The first kappa shape index (κ1) is 30.9. The molecule has 226 valence electrons. The van der Waals surface area contributed by atoms with Crippen molar-refractivity contribution < 1.29 is 33.4 Å². The molecule has 0 aromatic heterocycles. The van der Waals surface area contributed by atoms with Crippen LogP contribution in [0.25, 0.3) is 11.1 Å². The lowest BCUT2D eigenvalue weighted by molar-refractivity contribution is -0.155. The fourth-order valence-electron chi connectivity index (χ4n) is 5.46. The van der Waals surface area contributed by atoms with Crippen molar-refractivity contribution in [1.82, 2.24) is 16.0 Å². The Labute approximate surface area is 246 Å². The minimum absolute atomic E-state index is 0.0229. The average molecular weight is 580 g/mol. The van der Waals surface area contributed by atoms with Crippen LogP contribution in [0.3, 0.4) is 0 Å². The van der Waals surface area contributed by atoms with Gasteiger partial charge >= 0.3 is 18.2 Å². The molecule has 0 spiro atoms.